The molecule has 0 radical (unpaired) electrons. The topological polar surface area (TPSA) is 102 Å². The number of hydrogen-bond donors (Lipinski definition) is 0. The zero-order valence-electron chi connectivity index (χ0n) is 10.1. The Morgan fingerprint density at radius 3 is 2.65 bits per heavy atom. The predicted octanol–water partition coefficient (Wildman–Crippen LogP) is 2.24. The number of esters is 1. The standard InChI is InChI=1S/C11H8F2N2O5/c1-2-19-10(16)6-3-4-8(20-11(12)13)9(15(17)18)7(6)5-14/h3-4,11H,2H2,1H3. The first-order valence-corrected chi connectivity index (χ1v) is 5.25. The summed E-state index contributed by atoms with van der Waals surface area (Å²) >= 11 is 0. The second-order valence-electron chi connectivity index (χ2n) is 3.30. The maximum atomic E-state index is 12.2. The molecule has 0 aliphatic heterocycles. The van der Waals surface area contributed by atoms with Gasteiger partial charge in [0.1, 0.15) is 11.6 Å². The van der Waals surface area contributed by atoms with E-state index in [0.29, 0.717) is 0 Å². The molecule has 7 nitrogen and oxygen atoms in total. The molecule has 0 aliphatic rings. The highest BCUT2D eigenvalue weighted by Crippen LogP contribution is 2.34. The van der Waals surface area contributed by atoms with Crippen molar-refractivity contribution in [3.05, 3.63) is 33.4 Å². The first kappa shape index (κ1) is 15.3. The molecule has 0 fully saturated rings. The van der Waals surface area contributed by atoms with E-state index in [-0.39, 0.29) is 12.2 Å². The molecule has 0 aliphatic carbocycles. The van der Waals surface area contributed by atoms with Gasteiger partial charge in [0.25, 0.3) is 0 Å². The van der Waals surface area contributed by atoms with Crippen LogP contribution in [0.15, 0.2) is 12.1 Å². The molecule has 0 atom stereocenters. The van der Waals surface area contributed by atoms with Crippen molar-refractivity contribution in [2.24, 2.45) is 0 Å². The van der Waals surface area contributed by atoms with Gasteiger partial charge in [0.05, 0.1) is 17.1 Å². The number of carbonyl (C=O) groups is 1. The number of nitro groups is 1. The molecule has 0 saturated heterocycles. The van der Waals surface area contributed by atoms with E-state index in [1.54, 1.807) is 0 Å². The zero-order chi connectivity index (χ0) is 15.3. The van der Waals surface area contributed by atoms with Gasteiger partial charge in [0.2, 0.25) is 5.75 Å². The Labute approximate surface area is 111 Å². The zero-order valence-corrected chi connectivity index (χ0v) is 10.1. The summed E-state index contributed by atoms with van der Waals surface area (Å²) in [5, 5.41) is 19.8. The number of ether oxygens (including phenoxy) is 2. The van der Waals surface area contributed by atoms with Gasteiger partial charge in [0.15, 0.2) is 0 Å². The normalized spacial score (nSPS) is 9.95. The van der Waals surface area contributed by atoms with Gasteiger partial charge in [-0.3, -0.25) is 10.1 Å². The molecule has 0 aromatic heterocycles. The van der Waals surface area contributed by atoms with Crippen LogP contribution in [0.3, 0.4) is 0 Å². The number of rotatable bonds is 5. The van der Waals surface area contributed by atoms with Crippen LogP contribution < -0.4 is 4.74 Å². The molecule has 0 N–H and O–H groups in total. The Hall–Kier alpha value is -2.76. The molecule has 9 heteroatoms. The van der Waals surface area contributed by atoms with Crippen molar-refractivity contribution < 1.29 is 28.0 Å². The monoisotopic (exact) mass is 286 g/mol. The highest BCUT2D eigenvalue weighted by molar-refractivity contribution is 5.94. The maximum Gasteiger partial charge on any atom is 0.387 e. The number of hydrogen-bond acceptors (Lipinski definition) is 6. The lowest BCUT2D eigenvalue weighted by atomic mass is 10.1. The fraction of sp³-hybridized carbons (Fsp3) is 0.273. The van der Waals surface area contributed by atoms with Crippen molar-refractivity contribution >= 4 is 11.7 Å². The van der Waals surface area contributed by atoms with Crippen LogP contribution in [0.4, 0.5) is 14.5 Å². The first-order valence-electron chi connectivity index (χ1n) is 5.25. The molecule has 20 heavy (non-hydrogen) atoms. The lowest BCUT2D eigenvalue weighted by Gasteiger charge is -2.09. The second-order valence-corrected chi connectivity index (χ2v) is 3.30. The van der Waals surface area contributed by atoms with Crippen LogP contribution in [-0.4, -0.2) is 24.1 Å². The number of alkyl halides is 2. The molecular weight excluding hydrogens is 278 g/mol. The summed E-state index contributed by atoms with van der Waals surface area (Å²) in [7, 11) is 0. The van der Waals surface area contributed by atoms with Gasteiger partial charge in [-0.1, -0.05) is 0 Å². The van der Waals surface area contributed by atoms with Gasteiger partial charge in [-0.2, -0.15) is 14.0 Å². The Morgan fingerprint density at radius 1 is 1.55 bits per heavy atom. The molecule has 1 aromatic rings. The van der Waals surface area contributed by atoms with Crippen LogP contribution in [-0.2, 0) is 4.74 Å². The number of nitriles is 1. The average molecular weight is 286 g/mol. The van der Waals surface area contributed by atoms with Gasteiger partial charge in [-0.25, -0.2) is 4.79 Å². The third-order valence-electron chi connectivity index (χ3n) is 2.15. The Morgan fingerprint density at radius 2 is 2.20 bits per heavy atom. The Balaban J connectivity index is 3.46. The summed E-state index contributed by atoms with van der Waals surface area (Å²) in [6, 6.07) is 3.21. The van der Waals surface area contributed by atoms with E-state index in [1.807, 2.05) is 0 Å². The minimum atomic E-state index is -3.30. The summed E-state index contributed by atoms with van der Waals surface area (Å²) in [5.74, 6) is -1.76. The van der Waals surface area contributed by atoms with Gasteiger partial charge in [0, 0.05) is 0 Å². The van der Waals surface area contributed by atoms with Crippen molar-refractivity contribution in [2.45, 2.75) is 13.5 Å². The molecule has 0 amide bonds. The second kappa shape index (κ2) is 6.42. The summed E-state index contributed by atoms with van der Waals surface area (Å²) in [6.07, 6.45) is 0. The number of halogens is 2. The summed E-state index contributed by atoms with van der Waals surface area (Å²) in [5.41, 5.74) is -2.08. The van der Waals surface area contributed by atoms with Crippen LogP contribution in [0.25, 0.3) is 0 Å². The summed E-state index contributed by atoms with van der Waals surface area (Å²) in [4.78, 5) is 21.4. The minimum Gasteiger partial charge on any atom is -0.462 e. The van der Waals surface area contributed by atoms with Gasteiger partial charge < -0.3 is 9.47 Å². The number of carbonyl (C=O) groups excluding carboxylic acids is 1. The summed E-state index contributed by atoms with van der Waals surface area (Å²) < 4.78 is 32.9. The Bertz CT molecular complexity index is 583. The van der Waals surface area contributed by atoms with Gasteiger partial charge >= 0.3 is 18.3 Å². The first-order chi connectivity index (χ1) is 9.42. The van der Waals surface area contributed by atoms with E-state index < -0.39 is 34.5 Å². The largest absolute Gasteiger partial charge is 0.462 e. The van der Waals surface area contributed by atoms with Crippen molar-refractivity contribution in [2.75, 3.05) is 6.61 Å². The van der Waals surface area contributed by atoms with E-state index >= 15 is 0 Å². The molecule has 1 aromatic carbocycles. The predicted molar refractivity (Wildman–Crippen MR) is 60.4 cm³/mol. The number of nitro benzene ring substituents is 1. The minimum absolute atomic E-state index is 0.00716. The van der Waals surface area contributed by atoms with Crippen LogP contribution in [0.1, 0.15) is 22.8 Å². The van der Waals surface area contributed by atoms with Crippen LogP contribution >= 0.6 is 0 Å². The smallest absolute Gasteiger partial charge is 0.387 e. The molecule has 0 unspecified atom stereocenters. The molecular formula is C11H8F2N2O5. The lowest BCUT2D eigenvalue weighted by Crippen LogP contribution is -2.11. The molecule has 1 rings (SSSR count). The van der Waals surface area contributed by atoms with Crippen LogP contribution in [0, 0.1) is 21.4 Å². The highest BCUT2D eigenvalue weighted by atomic mass is 19.3. The van der Waals surface area contributed by atoms with E-state index in [4.69, 9.17) is 5.26 Å². The van der Waals surface area contributed by atoms with E-state index in [2.05, 4.69) is 9.47 Å². The summed E-state index contributed by atoms with van der Waals surface area (Å²) in [6.45, 7) is -1.80. The third-order valence-corrected chi connectivity index (χ3v) is 2.15. The van der Waals surface area contributed by atoms with Gasteiger partial charge in [-0.05, 0) is 19.1 Å². The SMILES string of the molecule is CCOC(=O)c1ccc(OC(F)F)c([N+](=O)[O-])c1C#N. The van der Waals surface area contributed by atoms with Crippen molar-refractivity contribution in [3.8, 4) is 11.8 Å². The molecule has 0 spiro atoms. The van der Waals surface area contributed by atoms with Crippen molar-refractivity contribution in [3.63, 3.8) is 0 Å². The van der Waals surface area contributed by atoms with Gasteiger partial charge in [-0.15, -0.1) is 0 Å². The van der Waals surface area contributed by atoms with Crippen LogP contribution in [0.2, 0.25) is 0 Å². The van der Waals surface area contributed by atoms with E-state index in [0.717, 1.165) is 12.1 Å². The highest BCUT2D eigenvalue weighted by Gasteiger charge is 2.29. The van der Waals surface area contributed by atoms with Crippen molar-refractivity contribution in [1.29, 1.82) is 5.26 Å². The van der Waals surface area contributed by atoms with E-state index in [9.17, 15) is 23.7 Å². The average Bonchev–Trinajstić information content (AvgIpc) is 2.37. The fourth-order valence-electron chi connectivity index (χ4n) is 1.44. The lowest BCUT2D eigenvalue weighted by molar-refractivity contribution is -0.386. The quantitative estimate of drug-likeness (QED) is 0.467. The van der Waals surface area contributed by atoms with Crippen molar-refractivity contribution in [1.82, 2.24) is 0 Å². The Kier molecular flexibility index (Phi) is 4.91. The molecule has 0 bridgehead atoms. The number of benzene rings is 1. The van der Waals surface area contributed by atoms with E-state index in [1.165, 1.54) is 13.0 Å². The molecule has 106 valence electrons. The van der Waals surface area contributed by atoms with Crippen LogP contribution in [0.5, 0.6) is 5.75 Å². The maximum absolute atomic E-state index is 12.2. The molecule has 0 heterocycles. The molecule has 0 saturated carbocycles. The fourth-order valence-corrected chi connectivity index (χ4v) is 1.44. The number of nitrogens with zero attached hydrogens (tertiary/aromatic N) is 2. The third kappa shape index (κ3) is 3.17.